The fourth-order valence-corrected chi connectivity index (χ4v) is 2.59. The summed E-state index contributed by atoms with van der Waals surface area (Å²) < 4.78 is 1.32. The highest BCUT2D eigenvalue weighted by molar-refractivity contribution is 6.40. The Morgan fingerprint density at radius 3 is 2.53 bits per heavy atom. The number of hydrogen-bond donors (Lipinski definition) is 1. The molecule has 0 atom stereocenters. The normalized spacial score (nSPS) is 11.1. The van der Waals surface area contributed by atoms with Gasteiger partial charge in [-0.3, -0.25) is 0 Å². The topological polar surface area (TPSA) is 69.1 Å². The smallest absolute Gasteiger partial charge is 0.256 e. The van der Waals surface area contributed by atoms with Gasteiger partial charge in [0.25, 0.3) is 5.78 Å². The van der Waals surface area contributed by atoms with Crippen molar-refractivity contribution in [3.8, 4) is 11.1 Å². The fourth-order valence-electron chi connectivity index (χ4n) is 1.74. The van der Waals surface area contributed by atoms with Crippen LogP contribution in [0.3, 0.4) is 0 Å². The van der Waals surface area contributed by atoms with Crippen molar-refractivity contribution in [3.63, 3.8) is 0 Å². The predicted octanol–water partition coefficient (Wildman–Crippen LogP) is 3.33. The van der Waals surface area contributed by atoms with Crippen LogP contribution in [0, 0.1) is 0 Å². The molecule has 3 rings (SSSR count). The van der Waals surface area contributed by atoms with Crippen LogP contribution in [-0.2, 0) is 0 Å². The zero-order chi connectivity index (χ0) is 13.6. The van der Waals surface area contributed by atoms with Crippen LogP contribution in [-0.4, -0.2) is 19.6 Å². The Balaban J connectivity index is 2.38. The molecule has 0 bridgehead atoms. The van der Waals surface area contributed by atoms with E-state index in [2.05, 4.69) is 15.1 Å². The van der Waals surface area contributed by atoms with E-state index < -0.39 is 0 Å². The molecule has 0 fully saturated rings. The van der Waals surface area contributed by atoms with Crippen molar-refractivity contribution in [3.05, 3.63) is 39.6 Å². The Bertz CT molecular complexity index is 783. The monoisotopic (exact) mass is 313 g/mol. The first-order valence-electron chi connectivity index (χ1n) is 5.20. The van der Waals surface area contributed by atoms with E-state index in [0.717, 1.165) is 0 Å². The second kappa shape index (κ2) is 4.52. The molecule has 2 aromatic heterocycles. The molecule has 0 radical (unpaired) electrons. The summed E-state index contributed by atoms with van der Waals surface area (Å²) in [7, 11) is 0. The molecule has 0 aliphatic rings. The zero-order valence-corrected chi connectivity index (χ0v) is 11.6. The number of benzene rings is 1. The molecule has 96 valence electrons. The summed E-state index contributed by atoms with van der Waals surface area (Å²) in [5, 5.41) is 4.92. The molecule has 1 aromatic carbocycles. The summed E-state index contributed by atoms with van der Waals surface area (Å²) in [5.74, 6) is 0.310. The average molecular weight is 315 g/mol. The van der Waals surface area contributed by atoms with Gasteiger partial charge in [0, 0.05) is 10.6 Å². The van der Waals surface area contributed by atoms with Crippen molar-refractivity contribution in [2.24, 2.45) is 0 Å². The van der Waals surface area contributed by atoms with Crippen LogP contribution >= 0.6 is 34.8 Å². The highest BCUT2D eigenvalue weighted by atomic mass is 35.5. The summed E-state index contributed by atoms with van der Waals surface area (Å²) in [6.45, 7) is 0. The maximum absolute atomic E-state index is 6.29. The van der Waals surface area contributed by atoms with Gasteiger partial charge in [0.2, 0.25) is 5.95 Å². The molecule has 0 amide bonds. The standard InChI is InChI=1S/C11H6Cl3N5/c12-6-4-2-1-3-5(6)7-8(13)16-11-17-10(15)18-19(11)9(7)14/h1-4H,(H2,15,18). The third kappa shape index (κ3) is 2.00. The van der Waals surface area contributed by atoms with Crippen LogP contribution in [0.5, 0.6) is 0 Å². The highest BCUT2D eigenvalue weighted by Crippen LogP contribution is 2.37. The molecule has 5 nitrogen and oxygen atoms in total. The molecule has 0 unspecified atom stereocenters. The van der Waals surface area contributed by atoms with E-state index in [9.17, 15) is 0 Å². The summed E-state index contributed by atoms with van der Waals surface area (Å²) in [5.41, 5.74) is 6.68. The SMILES string of the molecule is Nc1nc2nc(Cl)c(-c3ccccc3Cl)c(Cl)n2n1. The van der Waals surface area contributed by atoms with Crippen LogP contribution < -0.4 is 5.73 Å². The maximum atomic E-state index is 6.29. The molecule has 3 aromatic rings. The van der Waals surface area contributed by atoms with Crippen LogP contribution in [0.2, 0.25) is 15.3 Å². The Morgan fingerprint density at radius 1 is 1.05 bits per heavy atom. The lowest BCUT2D eigenvalue weighted by Gasteiger charge is -2.08. The van der Waals surface area contributed by atoms with Crippen LogP contribution in [0.15, 0.2) is 24.3 Å². The molecule has 8 heteroatoms. The van der Waals surface area contributed by atoms with Gasteiger partial charge >= 0.3 is 0 Å². The van der Waals surface area contributed by atoms with E-state index in [1.807, 2.05) is 12.1 Å². The number of fused-ring (bicyclic) bond motifs is 1. The van der Waals surface area contributed by atoms with E-state index >= 15 is 0 Å². The van der Waals surface area contributed by atoms with Gasteiger partial charge in [0.05, 0.1) is 5.56 Å². The summed E-state index contributed by atoms with van der Waals surface area (Å²) in [6, 6.07) is 7.17. The average Bonchev–Trinajstić information content (AvgIpc) is 2.72. The van der Waals surface area contributed by atoms with Crippen molar-refractivity contribution < 1.29 is 0 Å². The van der Waals surface area contributed by atoms with Crippen LogP contribution in [0.4, 0.5) is 5.95 Å². The van der Waals surface area contributed by atoms with E-state index in [0.29, 0.717) is 16.1 Å². The summed E-state index contributed by atoms with van der Waals surface area (Å²) >= 11 is 18.6. The minimum absolute atomic E-state index is 0.0711. The third-order valence-corrected chi connectivity index (χ3v) is 3.50. The lowest BCUT2D eigenvalue weighted by molar-refractivity contribution is 0.947. The molecule has 0 saturated heterocycles. The minimum atomic E-state index is 0.0711. The van der Waals surface area contributed by atoms with E-state index in [1.54, 1.807) is 12.1 Å². The molecule has 2 heterocycles. The largest absolute Gasteiger partial charge is 0.366 e. The quantitative estimate of drug-likeness (QED) is 0.699. The molecule has 2 N–H and O–H groups in total. The van der Waals surface area contributed by atoms with Gasteiger partial charge in [-0.25, -0.2) is 0 Å². The number of hydrogen-bond acceptors (Lipinski definition) is 4. The number of nitrogens with zero attached hydrogens (tertiary/aromatic N) is 4. The van der Waals surface area contributed by atoms with Crippen molar-refractivity contribution in [1.82, 2.24) is 19.6 Å². The second-order valence-electron chi connectivity index (χ2n) is 3.73. The molecular formula is C11H6Cl3N5. The fraction of sp³-hybridized carbons (Fsp3) is 0. The van der Waals surface area contributed by atoms with Crippen LogP contribution in [0.1, 0.15) is 0 Å². The van der Waals surface area contributed by atoms with Gasteiger partial charge in [-0.2, -0.15) is 14.5 Å². The van der Waals surface area contributed by atoms with Crippen molar-refractivity contribution in [2.75, 3.05) is 5.73 Å². The van der Waals surface area contributed by atoms with E-state index in [1.165, 1.54) is 4.52 Å². The summed E-state index contributed by atoms with van der Waals surface area (Å²) in [6.07, 6.45) is 0. The molecule has 19 heavy (non-hydrogen) atoms. The Morgan fingerprint density at radius 2 is 1.79 bits per heavy atom. The van der Waals surface area contributed by atoms with Gasteiger partial charge in [0.1, 0.15) is 10.3 Å². The highest BCUT2D eigenvalue weighted by Gasteiger charge is 2.18. The van der Waals surface area contributed by atoms with Gasteiger partial charge in [-0.05, 0) is 6.07 Å². The Hall–Kier alpha value is -1.56. The number of anilines is 1. The Labute approximate surface area is 122 Å². The number of halogens is 3. The van der Waals surface area contributed by atoms with Crippen molar-refractivity contribution in [1.29, 1.82) is 0 Å². The molecule has 0 spiro atoms. The summed E-state index contributed by atoms with van der Waals surface area (Å²) in [4.78, 5) is 8.02. The first kappa shape index (κ1) is 12.5. The molecule has 0 aliphatic heterocycles. The van der Waals surface area contributed by atoms with Gasteiger partial charge in [-0.1, -0.05) is 53.0 Å². The van der Waals surface area contributed by atoms with Gasteiger partial charge in [-0.15, -0.1) is 5.10 Å². The lowest BCUT2D eigenvalue weighted by atomic mass is 10.1. The molecular weight excluding hydrogens is 309 g/mol. The predicted molar refractivity (Wildman–Crippen MR) is 75.7 cm³/mol. The lowest BCUT2D eigenvalue weighted by Crippen LogP contribution is -1.98. The number of nitrogens with two attached hydrogens (primary N) is 1. The van der Waals surface area contributed by atoms with Gasteiger partial charge in [0.15, 0.2) is 0 Å². The second-order valence-corrected chi connectivity index (χ2v) is 4.85. The zero-order valence-electron chi connectivity index (χ0n) is 9.31. The van der Waals surface area contributed by atoms with E-state index in [4.69, 9.17) is 40.5 Å². The Kier molecular flexibility index (Phi) is 2.97. The molecule has 0 aliphatic carbocycles. The number of aromatic nitrogens is 4. The van der Waals surface area contributed by atoms with E-state index in [-0.39, 0.29) is 22.0 Å². The number of rotatable bonds is 1. The maximum Gasteiger partial charge on any atom is 0.256 e. The first-order valence-corrected chi connectivity index (χ1v) is 6.33. The first-order chi connectivity index (χ1) is 9.08. The third-order valence-electron chi connectivity index (χ3n) is 2.55. The minimum Gasteiger partial charge on any atom is -0.366 e. The molecule has 0 saturated carbocycles. The van der Waals surface area contributed by atoms with Crippen LogP contribution in [0.25, 0.3) is 16.9 Å². The van der Waals surface area contributed by atoms with Gasteiger partial charge < -0.3 is 5.73 Å². The van der Waals surface area contributed by atoms with Crippen molar-refractivity contribution in [2.45, 2.75) is 0 Å². The number of nitrogen functional groups attached to an aromatic ring is 1. The van der Waals surface area contributed by atoms with Crippen molar-refractivity contribution >= 4 is 46.5 Å².